The molecule has 2 rings (SSSR count). The first-order valence-electron chi connectivity index (χ1n) is 7.00. The van der Waals surface area contributed by atoms with E-state index in [2.05, 4.69) is 15.5 Å². The number of rotatable bonds is 6. The zero-order valence-electron chi connectivity index (χ0n) is 12.7. The number of benzene rings is 1. The van der Waals surface area contributed by atoms with Gasteiger partial charge >= 0.3 is 0 Å². The average molecular weight is 374 g/mol. The van der Waals surface area contributed by atoms with Gasteiger partial charge in [-0.1, -0.05) is 41.9 Å². The van der Waals surface area contributed by atoms with E-state index < -0.39 is 0 Å². The highest BCUT2D eigenvalue weighted by Gasteiger charge is 2.16. The van der Waals surface area contributed by atoms with Crippen molar-refractivity contribution in [2.24, 2.45) is 0 Å². The second-order valence-electron chi connectivity index (χ2n) is 4.97. The van der Waals surface area contributed by atoms with E-state index in [9.17, 15) is 4.79 Å². The van der Waals surface area contributed by atoms with Crippen molar-refractivity contribution in [3.8, 4) is 11.4 Å². The minimum Gasteiger partial charge on any atom is -0.353 e. The van der Waals surface area contributed by atoms with Crippen LogP contribution >= 0.6 is 35.0 Å². The van der Waals surface area contributed by atoms with E-state index in [0.717, 1.165) is 6.42 Å². The molecule has 0 bridgehead atoms. The molecule has 0 aliphatic rings. The van der Waals surface area contributed by atoms with Crippen LogP contribution in [-0.4, -0.2) is 32.6 Å². The third-order valence-corrected chi connectivity index (χ3v) is 4.69. The van der Waals surface area contributed by atoms with E-state index in [1.165, 1.54) is 16.4 Å². The monoisotopic (exact) mass is 373 g/mol. The van der Waals surface area contributed by atoms with E-state index in [-0.39, 0.29) is 17.7 Å². The van der Waals surface area contributed by atoms with E-state index in [4.69, 9.17) is 29.0 Å². The van der Waals surface area contributed by atoms with Crippen LogP contribution in [0.2, 0.25) is 10.0 Å². The summed E-state index contributed by atoms with van der Waals surface area (Å²) in [4.78, 5) is 11.8. The maximum Gasteiger partial charge on any atom is 0.230 e. The molecule has 23 heavy (non-hydrogen) atoms. The van der Waals surface area contributed by atoms with Crippen LogP contribution in [0.4, 0.5) is 0 Å². The fraction of sp³-hybridized carbons (Fsp3) is 0.357. The van der Waals surface area contributed by atoms with Gasteiger partial charge in [0.25, 0.3) is 0 Å². The van der Waals surface area contributed by atoms with Gasteiger partial charge in [-0.15, -0.1) is 10.2 Å². The lowest BCUT2D eigenvalue weighted by atomic mass is 10.2. The lowest BCUT2D eigenvalue weighted by Crippen LogP contribution is -2.33. The number of nitrogens with two attached hydrogens (primary N) is 1. The standard InChI is InChI=1S/C14H17Cl2N5OS/c1-3-8(2)18-12(22)7-23-14-20-19-13(21(14)17)10-6-9(15)4-5-11(10)16/h4-6,8H,3,7,17H2,1-2H3,(H,18,22)/t8-/m0/s1. The Morgan fingerprint density at radius 1 is 1.43 bits per heavy atom. The first-order valence-corrected chi connectivity index (χ1v) is 8.74. The molecule has 9 heteroatoms. The fourth-order valence-corrected chi connectivity index (χ4v) is 2.82. The third kappa shape index (κ3) is 4.53. The van der Waals surface area contributed by atoms with Gasteiger partial charge in [0.15, 0.2) is 5.82 Å². The van der Waals surface area contributed by atoms with E-state index in [1.54, 1.807) is 18.2 Å². The molecule has 3 N–H and O–H groups in total. The van der Waals surface area contributed by atoms with Crippen LogP contribution in [0.5, 0.6) is 0 Å². The van der Waals surface area contributed by atoms with Gasteiger partial charge in [-0.25, -0.2) is 4.68 Å². The summed E-state index contributed by atoms with van der Waals surface area (Å²) in [5.74, 6) is 6.53. The number of amides is 1. The SMILES string of the molecule is CC[C@H](C)NC(=O)CSc1nnc(-c2cc(Cl)ccc2Cl)n1N. The van der Waals surface area contributed by atoms with Crippen molar-refractivity contribution in [3.05, 3.63) is 28.2 Å². The highest BCUT2D eigenvalue weighted by molar-refractivity contribution is 7.99. The van der Waals surface area contributed by atoms with Crippen LogP contribution in [0.1, 0.15) is 20.3 Å². The molecule has 1 heterocycles. The summed E-state index contributed by atoms with van der Waals surface area (Å²) in [6.45, 7) is 3.96. The molecule has 0 spiro atoms. The third-order valence-electron chi connectivity index (χ3n) is 3.19. The van der Waals surface area contributed by atoms with Crippen molar-refractivity contribution in [2.45, 2.75) is 31.5 Å². The quantitative estimate of drug-likeness (QED) is 0.600. The molecule has 1 aromatic carbocycles. The normalized spacial score (nSPS) is 12.2. The Labute approximate surface area is 148 Å². The van der Waals surface area contributed by atoms with Gasteiger partial charge in [0.05, 0.1) is 10.8 Å². The number of nitrogen functional groups attached to an aromatic ring is 1. The van der Waals surface area contributed by atoms with Crippen molar-refractivity contribution < 1.29 is 4.79 Å². The molecular formula is C14H17Cl2N5OS. The number of nitrogens with zero attached hydrogens (tertiary/aromatic N) is 3. The topological polar surface area (TPSA) is 85.8 Å². The predicted octanol–water partition coefficient (Wildman–Crippen LogP) is 2.97. The Kier molecular flexibility index (Phi) is 6.15. The lowest BCUT2D eigenvalue weighted by Gasteiger charge is -2.10. The minimum absolute atomic E-state index is 0.0744. The molecular weight excluding hydrogens is 357 g/mol. The number of carbonyl (C=O) groups excluding carboxylic acids is 1. The summed E-state index contributed by atoms with van der Waals surface area (Å²) < 4.78 is 1.30. The van der Waals surface area contributed by atoms with Gasteiger partial charge in [-0.05, 0) is 31.5 Å². The van der Waals surface area contributed by atoms with E-state index >= 15 is 0 Å². The van der Waals surface area contributed by atoms with Crippen LogP contribution in [0.3, 0.4) is 0 Å². The molecule has 2 aromatic rings. The van der Waals surface area contributed by atoms with E-state index in [1.807, 2.05) is 13.8 Å². The zero-order chi connectivity index (χ0) is 17.0. The summed E-state index contributed by atoms with van der Waals surface area (Å²) in [5.41, 5.74) is 0.588. The lowest BCUT2D eigenvalue weighted by molar-refractivity contribution is -0.119. The van der Waals surface area contributed by atoms with Crippen LogP contribution in [0.25, 0.3) is 11.4 Å². The van der Waals surface area contributed by atoms with Gasteiger partial charge in [0.2, 0.25) is 11.1 Å². The smallest absolute Gasteiger partial charge is 0.230 e. The molecule has 0 aliphatic heterocycles. The van der Waals surface area contributed by atoms with E-state index in [0.29, 0.717) is 26.6 Å². The molecule has 1 amide bonds. The number of halogens is 2. The Balaban J connectivity index is 2.11. The predicted molar refractivity (Wildman–Crippen MR) is 94.2 cm³/mol. The molecule has 124 valence electrons. The summed E-state index contributed by atoms with van der Waals surface area (Å²) in [7, 11) is 0. The maximum absolute atomic E-state index is 11.8. The second-order valence-corrected chi connectivity index (χ2v) is 6.75. The average Bonchev–Trinajstić information content (AvgIpc) is 2.88. The van der Waals surface area contributed by atoms with Crippen molar-refractivity contribution >= 4 is 40.9 Å². The van der Waals surface area contributed by atoms with Gasteiger partial charge < -0.3 is 11.2 Å². The van der Waals surface area contributed by atoms with Crippen LogP contribution in [0, 0.1) is 0 Å². The van der Waals surface area contributed by atoms with Crippen LogP contribution in [-0.2, 0) is 4.79 Å². The second kappa shape index (κ2) is 7.90. The maximum atomic E-state index is 11.8. The molecule has 0 unspecified atom stereocenters. The van der Waals surface area contributed by atoms with Gasteiger partial charge in [-0.2, -0.15) is 0 Å². The molecule has 0 aliphatic carbocycles. The zero-order valence-corrected chi connectivity index (χ0v) is 15.0. The highest BCUT2D eigenvalue weighted by Crippen LogP contribution is 2.30. The van der Waals surface area contributed by atoms with Gasteiger partial charge in [-0.3, -0.25) is 4.79 Å². The Morgan fingerprint density at radius 2 is 2.17 bits per heavy atom. The molecule has 0 saturated carbocycles. The van der Waals surface area contributed by atoms with Crippen LogP contribution in [0.15, 0.2) is 23.4 Å². The van der Waals surface area contributed by atoms with Crippen molar-refractivity contribution in [2.75, 3.05) is 11.6 Å². The Bertz CT molecular complexity index is 706. The number of hydrogen-bond acceptors (Lipinski definition) is 5. The first-order chi connectivity index (χ1) is 10.9. The number of aromatic nitrogens is 3. The number of carbonyl (C=O) groups is 1. The molecule has 1 aromatic heterocycles. The summed E-state index contributed by atoms with van der Waals surface area (Å²) in [6, 6.07) is 5.15. The Hall–Kier alpha value is -1.44. The van der Waals surface area contributed by atoms with Gasteiger partial charge in [0.1, 0.15) is 0 Å². The van der Waals surface area contributed by atoms with Crippen molar-refractivity contribution in [1.82, 2.24) is 20.2 Å². The molecule has 0 saturated heterocycles. The molecule has 0 radical (unpaired) electrons. The van der Waals surface area contributed by atoms with Crippen molar-refractivity contribution in [1.29, 1.82) is 0 Å². The molecule has 0 fully saturated rings. The number of thioether (sulfide) groups is 1. The summed E-state index contributed by atoms with van der Waals surface area (Å²) in [5, 5.41) is 12.3. The Morgan fingerprint density at radius 3 is 2.87 bits per heavy atom. The van der Waals surface area contributed by atoms with Crippen molar-refractivity contribution in [3.63, 3.8) is 0 Å². The summed E-state index contributed by atoms with van der Waals surface area (Å²) in [6.07, 6.45) is 0.876. The fourth-order valence-electron chi connectivity index (χ4n) is 1.78. The molecule has 1 atom stereocenters. The largest absolute Gasteiger partial charge is 0.353 e. The van der Waals surface area contributed by atoms with Crippen LogP contribution < -0.4 is 11.2 Å². The number of hydrogen-bond donors (Lipinski definition) is 2. The minimum atomic E-state index is -0.0744. The number of nitrogens with one attached hydrogen (secondary N) is 1. The van der Waals surface area contributed by atoms with Gasteiger partial charge in [0, 0.05) is 16.6 Å². The first kappa shape index (κ1) is 17.9. The highest BCUT2D eigenvalue weighted by atomic mass is 35.5. The summed E-state index contributed by atoms with van der Waals surface area (Å²) >= 11 is 13.3. The molecule has 6 nitrogen and oxygen atoms in total.